The molecule has 0 unspecified atom stereocenters. The number of hydrogen-bond donors (Lipinski definition) is 3. The number of carbonyl (C=O) groups excluding carboxylic acids is 1. The van der Waals surface area contributed by atoms with Crippen LogP contribution >= 0.6 is 11.6 Å². The number of amides is 2. The molecule has 0 saturated heterocycles. The van der Waals surface area contributed by atoms with E-state index in [1.807, 2.05) is 30.3 Å². The second-order valence-electron chi connectivity index (χ2n) is 4.95. The molecule has 0 bridgehead atoms. The van der Waals surface area contributed by atoms with E-state index in [0.29, 0.717) is 28.8 Å². The molecule has 122 valence electrons. The van der Waals surface area contributed by atoms with E-state index in [1.54, 1.807) is 30.5 Å². The maximum Gasteiger partial charge on any atom is 0.319 e. The van der Waals surface area contributed by atoms with Crippen molar-refractivity contribution in [2.45, 2.75) is 6.54 Å². The number of rotatable bonds is 5. The van der Waals surface area contributed by atoms with Crippen molar-refractivity contribution in [3.05, 3.63) is 71.5 Å². The molecule has 0 aliphatic rings. The van der Waals surface area contributed by atoms with Gasteiger partial charge in [0.1, 0.15) is 5.75 Å². The molecule has 0 aliphatic heterocycles. The Bertz CT molecular complexity index is 807. The Morgan fingerprint density at radius 2 is 2.00 bits per heavy atom. The zero-order valence-corrected chi connectivity index (χ0v) is 13.4. The van der Waals surface area contributed by atoms with Gasteiger partial charge in [-0.15, -0.1) is 0 Å². The number of aromatic amines is 1. The van der Waals surface area contributed by atoms with Gasteiger partial charge >= 0.3 is 6.03 Å². The SMILES string of the molecule is O=C(NCc1ccn[nH]1)Nc1cc(Cl)ccc1Oc1ccccc1. The Morgan fingerprint density at radius 3 is 2.75 bits per heavy atom. The fourth-order valence-electron chi connectivity index (χ4n) is 2.03. The number of halogens is 1. The van der Waals surface area contributed by atoms with Crippen LogP contribution in [-0.2, 0) is 6.54 Å². The van der Waals surface area contributed by atoms with E-state index in [1.165, 1.54) is 0 Å². The van der Waals surface area contributed by atoms with E-state index in [-0.39, 0.29) is 6.03 Å². The number of benzene rings is 2. The van der Waals surface area contributed by atoms with Crippen molar-refractivity contribution in [2.75, 3.05) is 5.32 Å². The Balaban J connectivity index is 1.69. The summed E-state index contributed by atoms with van der Waals surface area (Å²) in [6.45, 7) is 0.335. The van der Waals surface area contributed by atoms with Crippen molar-refractivity contribution < 1.29 is 9.53 Å². The van der Waals surface area contributed by atoms with Crippen molar-refractivity contribution in [3.8, 4) is 11.5 Å². The topological polar surface area (TPSA) is 79.0 Å². The number of carbonyl (C=O) groups is 1. The molecule has 24 heavy (non-hydrogen) atoms. The number of anilines is 1. The van der Waals surface area contributed by atoms with Gasteiger partial charge in [0.15, 0.2) is 5.75 Å². The van der Waals surface area contributed by atoms with Crippen molar-refractivity contribution in [1.29, 1.82) is 0 Å². The van der Waals surface area contributed by atoms with Gasteiger partial charge in [0.25, 0.3) is 0 Å². The molecular weight excluding hydrogens is 328 g/mol. The Hall–Kier alpha value is -2.99. The van der Waals surface area contributed by atoms with E-state index in [4.69, 9.17) is 16.3 Å². The molecule has 0 saturated carbocycles. The molecule has 2 aromatic carbocycles. The third kappa shape index (κ3) is 4.27. The third-order valence-electron chi connectivity index (χ3n) is 3.16. The van der Waals surface area contributed by atoms with E-state index >= 15 is 0 Å². The molecule has 3 aromatic rings. The zero-order valence-electron chi connectivity index (χ0n) is 12.6. The molecule has 0 fully saturated rings. The predicted octanol–water partition coefficient (Wildman–Crippen LogP) is 4.18. The molecule has 0 aliphatic carbocycles. The molecule has 0 spiro atoms. The zero-order chi connectivity index (χ0) is 16.8. The number of hydrogen-bond acceptors (Lipinski definition) is 3. The highest BCUT2D eigenvalue weighted by atomic mass is 35.5. The molecule has 2 amide bonds. The van der Waals surface area contributed by atoms with Crippen LogP contribution < -0.4 is 15.4 Å². The lowest BCUT2D eigenvalue weighted by atomic mass is 10.3. The molecule has 3 rings (SSSR count). The largest absolute Gasteiger partial charge is 0.455 e. The van der Waals surface area contributed by atoms with Gasteiger partial charge in [0.2, 0.25) is 0 Å². The highest BCUT2D eigenvalue weighted by molar-refractivity contribution is 6.31. The van der Waals surface area contributed by atoms with Crippen LogP contribution in [-0.4, -0.2) is 16.2 Å². The lowest BCUT2D eigenvalue weighted by Crippen LogP contribution is -2.28. The minimum absolute atomic E-state index is 0.335. The average molecular weight is 343 g/mol. The summed E-state index contributed by atoms with van der Waals surface area (Å²) in [5.41, 5.74) is 1.28. The van der Waals surface area contributed by atoms with Crippen LogP contribution in [0.5, 0.6) is 11.5 Å². The maximum atomic E-state index is 12.1. The Morgan fingerprint density at radius 1 is 1.17 bits per heavy atom. The molecule has 0 atom stereocenters. The van der Waals surface area contributed by atoms with E-state index in [9.17, 15) is 4.79 Å². The van der Waals surface area contributed by atoms with Crippen LogP contribution in [0, 0.1) is 0 Å². The molecular formula is C17H15ClN4O2. The van der Waals surface area contributed by atoms with Crippen molar-refractivity contribution >= 4 is 23.3 Å². The number of nitrogens with one attached hydrogen (secondary N) is 3. The standard InChI is InChI=1S/C17H15ClN4O2/c18-12-6-7-16(24-14-4-2-1-3-5-14)15(10-12)21-17(23)19-11-13-8-9-20-22-13/h1-10H,11H2,(H,20,22)(H2,19,21,23). The second kappa shape index (κ2) is 7.52. The molecule has 6 nitrogen and oxygen atoms in total. The highest BCUT2D eigenvalue weighted by Gasteiger charge is 2.10. The van der Waals surface area contributed by atoms with Gasteiger partial charge in [-0.05, 0) is 36.4 Å². The molecule has 1 aromatic heterocycles. The van der Waals surface area contributed by atoms with Gasteiger partial charge in [-0.25, -0.2) is 4.79 Å². The van der Waals surface area contributed by atoms with Gasteiger partial charge in [-0.2, -0.15) is 5.10 Å². The van der Waals surface area contributed by atoms with Crippen molar-refractivity contribution in [3.63, 3.8) is 0 Å². The normalized spacial score (nSPS) is 10.2. The molecule has 7 heteroatoms. The monoisotopic (exact) mass is 342 g/mol. The highest BCUT2D eigenvalue weighted by Crippen LogP contribution is 2.31. The number of ether oxygens (including phenoxy) is 1. The maximum absolute atomic E-state index is 12.1. The molecule has 1 heterocycles. The summed E-state index contributed by atoms with van der Waals surface area (Å²) >= 11 is 6.02. The van der Waals surface area contributed by atoms with Crippen molar-refractivity contribution in [2.24, 2.45) is 0 Å². The van der Waals surface area contributed by atoms with Crippen molar-refractivity contribution in [1.82, 2.24) is 15.5 Å². The van der Waals surface area contributed by atoms with Crippen LogP contribution in [0.4, 0.5) is 10.5 Å². The van der Waals surface area contributed by atoms with Gasteiger partial charge in [-0.1, -0.05) is 29.8 Å². The number of nitrogens with zero attached hydrogens (tertiary/aromatic N) is 1. The quantitative estimate of drug-likeness (QED) is 0.651. The number of aromatic nitrogens is 2. The first-order chi connectivity index (χ1) is 11.7. The number of urea groups is 1. The van der Waals surface area contributed by atoms with Gasteiger partial charge < -0.3 is 15.4 Å². The first-order valence-electron chi connectivity index (χ1n) is 7.26. The summed E-state index contributed by atoms with van der Waals surface area (Å²) in [6, 6.07) is 15.8. The smallest absolute Gasteiger partial charge is 0.319 e. The Labute approximate surface area is 143 Å². The molecule has 0 radical (unpaired) electrons. The molecule has 3 N–H and O–H groups in total. The second-order valence-corrected chi connectivity index (χ2v) is 5.38. The Kier molecular flexibility index (Phi) is 4.98. The van der Waals surface area contributed by atoms with Gasteiger partial charge in [-0.3, -0.25) is 5.10 Å². The summed E-state index contributed by atoms with van der Waals surface area (Å²) < 4.78 is 5.80. The van der Waals surface area contributed by atoms with E-state index in [2.05, 4.69) is 20.8 Å². The summed E-state index contributed by atoms with van der Waals surface area (Å²) in [6.07, 6.45) is 1.62. The summed E-state index contributed by atoms with van der Waals surface area (Å²) in [4.78, 5) is 12.1. The van der Waals surface area contributed by atoms with Crippen LogP contribution in [0.1, 0.15) is 5.69 Å². The van der Waals surface area contributed by atoms with E-state index < -0.39 is 0 Å². The van der Waals surface area contributed by atoms with E-state index in [0.717, 1.165) is 5.69 Å². The summed E-state index contributed by atoms with van der Waals surface area (Å²) in [5, 5.41) is 12.6. The summed E-state index contributed by atoms with van der Waals surface area (Å²) in [5.74, 6) is 1.17. The lowest BCUT2D eigenvalue weighted by Gasteiger charge is -2.13. The lowest BCUT2D eigenvalue weighted by molar-refractivity contribution is 0.251. The summed E-state index contributed by atoms with van der Waals surface area (Å²) in [7, 11) is 0. The number of H-pyrrole nitrogens is 1. The first kappa shape index (κ1) is 15.9. The van der Waals surface area contributed by atoms with Crippen LogP contribution in [0.2, 0.25) is 5.02 Å². The van der Waals surface area contributed by atoms with Crippen LogP contribution in [0.25, 0.3) is 0 Å². The van der Waals surface area contributed by atoms with Crippen LogP contribution in [0.15, 0.2) is 60.8 Å². The first-order valence-corrected chi connectivity index (χ1v) is 7.64. The van der Waals surface area contributed by atoms with Gasteiger partial charge in [0.05, 0.1) is 17.9 Å². The fraction of sp³-hybridized carbons (Fsp3) is 0.0588. The predicted molar refractivity (Wildman–Crippen MR) is 92.4 cm³/mol. The van der Waals surface area contributed by atoms with Crippen LogP contribution in [0.3, 0.4) is 0 Å². The van der Waals surface area contributed by atoms with Gasteiger partial charge in [0, 0.05) is 11.2 Å². The minimum Gasteiger partial charge on any atom is -0.455 e. The fourth-order valence-corrected chi connectivity index (χ4v) is 2.20. The third-order valence-corrected chi connectivity index (χ3v) is 3.39. The average Bonchev–Trinajstić information content (AvgIpc) is 3.10. The number of para-hydroxylation sites is 1. The minimum atomic E-state index is -0.371.